The highest BCUT2D eigenvalue weighted by Crippen LogP contribution is 2.22. The highest BCUT2D eigenvalue weighted by atomic mass is 35.5. The van der Waals surface area contributed by atoms with Crippen molar-refractivity contribution in [2.24, 2.45) is 5.10 Å². The average Bonchev–Trinajstić information content (AvgIpc) is 3.08. The maximum absolute atomic E-state index is 6.13. The van der Waals surface area contributed by atoms with Gasteiger partial charge in [-0.3, -0.25) is 5.43 Å². The Hall–Kier alpha value is -2.63. The summed E-state index contributed by atoms with van der Waals surface area (Å²) in [6.45, 7) is 4.86. The molecule has 2 N–H and O–H groups in total. The van der Waals surface area contributed by atoms with Crippen LogP contribution in [0.2, 0.25) is 5.02 Å². The van der Waals surface area contributed by atoms with Gasteiger partial charge in [0.1, 0.15) is 0 Å². The highest BCUT2D eigenvalue weighted by Gasteiger charge is 2.04. The number of benzene rings is 2. The van der Waals surface area contributed by atoms with Crippen LogP contribution in [-0.2, 0) is 6.54 Å². The molecule has 0 aliphatic heterocycles. The molecule has 0 bridgehead atoms. The lowest BCUT2D eigenvalue weighted by Crippen LogP contribution is -2.24. The highest BCUT2D eigenvalue weighted by molar-refractivity contribution is 7.80. The zero-order chi connectivity index (χ0) is 19.2. The third-order valence-corrected chi connectivity index (χ3v) is 4.95. The van der Waals surface area contributed by atoms with E-state index in [1.165, 1.54) is 11.1 Å². The van der Waals surface area contributed by atoms with Crippen LogP contribution in [0.1, 0.15) is 22.4 Å². The number of halogens is 1. The number of hydrogen-bond donors (Lipinski definition) is 2. The van der Waals surface area contributed by atoms with E-state index in [9.17, 15) is 0 Å². The lowest BCUT2D eigenvalue weighted by molar-refractivity contribution is 0.793. The predicted octanol–water partition coefficient (Wildman–Crippen LogP) is 5.13. The van der Waals surface area contributed by atoms with Crippen LogP contribution in [0, 0.1) is 13.8 Å². The molecule has 138 valence electrons. The molecular weight excluding hydrogens is 376 g/mol. The van der Waals surface area contributed by atoms with Crippen molar-refractivity contribution in [1.82, 2.24) is 9.99 Å². The van der Waals surface area contributed by atoms with Gasteiger partial charge >= 0.3 is 0 Å². The van der Waals surface area contributed by atoms with Gasteiger partial charge < -0.3 is 9.88 Å². The largest absolute Gasteiger partial charge is 0.342 e. The SMILES string of the molecule is Cc1ccccc1Cn1cccc1/C=N/NC(=S)Nc1cccc(Cl)c1C. The topological polar surface area (TPSA) is 41.4 Å². The van der Waals surface area contributed by atoms with E-state index < -0.39 is 0 Å². The van der Waals surface area contributed by atoms with E-state index in [0.717, 1.165) is 23.5 Å². The molecule has 3 aromatic rings. The van der Waals surface area contributed by atoms with Gasteiger partial charge in [-0.05, 0) is 67.0 Å². The monoisotopic (exact) mass is 396 g/mol. The number of hydrazone groups is 1. The minimum absolute atomic E-state index is 0.411. The first-order valence-corrected chi connectivity index (χ1v) is 9.38. The average molecular weight is 397 g/mol. The molecule has 0 aliphatic carbocycles. The molecule has 0 saturated heterocycles. The molecule has 3 rings (SSSR count). The summed E-state index contributed by atoms with van der Waals surface area (Å²) in [6, 6.07) is 18.0. The van der Waals surface area contributed by atoms with Crippen molar-refractivity contribution in [3.05, 3.63) is 88.2 Å². The molecule has 0 saturated carbocycles. The summed E-state index contributed by atoms with van der Waals surface area (Å²) in [5, 5.41) is 8.47. The molecule has 0 aliphatic rings. The van der Waals surface area contributed by atoms with Crippen LogP contribution in [0.15, 0.2) is 65.9 Å². The molecule has 27 heavy (non-hydrogen) atoms. The number of nitrogens with one attached hydrogen (secondary N) is 2. The summed E-state index contributed by atoms with van der Waals surface area (Å²) in [5.74, 6) is 0. The molecule has 6 heteroatoms. The van der Waals surface area contributed by atoms with Gasteiger partial charge in [-0.2, -0.15) is 5.10 Å². The molecule has 0 fully saturated rings. The van der Waals surface area contributed by atoms with Gasteiger partial charge in [0.05, 0.1) is 11.9 Å². The Morgan fingerprint density at radius 2 is 1.93 bits per heavy atom. The summed E-state index contributed by atoms with van der Waals surface area (Å²) >= 11 is 11.4. The second-order valence-electron chi connectivity index (χ2n) is 6.22. The molecular formula is C21H21ClN4S. The van der Waals surface area contributed by atoms with E-state index in [1.54, 1.807) is 6.21 Å². The van der Waals surface area contributed by atoms with Crippen LogP contribution in [0.5, 0.6) is 0 Å². The van der Waals surface area contributed by atoms with E-state index >= 15 is 0 Å². The van der Waals surface area contributed by atoms with Crippen molar-refractivity contribution in [2.45, 2.75) is 20.4 Å². The molecule has 0 atom stereocenters. The van der Waals surface area contributed by atoms with E-state index in [1.807, 2.05) is 43.5 Å². The van der Waals surface area contributed by atoms with E-state index in [2.05, 4.69) is 51.6 Å². The number of anilines is 1. The first-order valence-electron chi connectivity index (χ1n) is 8.59. The van der Waals surface area contributed by atoms with Crippen molar-refractivity contribution >= 4 is 40.8 Å². The maximum atomic E-state index is 6.13. The van der Waals surface area contributed by atoms with Crippen LogP contribution in [0.25, 0.3) is 0 Å². The van der Waals surface area contributed by atoms with Crippen LogP contribution in [0.3, 0.4) is 0 Å². The van der Waals surface area contributed by atoms with Crippen LogP contribution in [0.4, 0.5) is 5.69 Å². The maximum Gasteiger partial charge on any atom is 0.191 e. The van der Waals surface area contributed by atoms with Crippen molar-refractivity contribution in [3.63, 3.8) is 0 Å². The normalized spacial score (nSPS) is 10.9. The zero-order valence-corrected chi connectivity index (χ0v) is 16.8. The Balaban J connectivity index is 1.62. The van der Waals surface area contributed by atoms with Crippen LogP contribution >= 0.6 is 23.8 Å². The lowest BCUT2D eigenvalue weighted by Gasteiger charge is -2.11. The Kier molecular flexibility index (Phi) is 6.27. The van der Waals surface area contributed by atoms with Gasteiger partial charge in [-0.1, -0.05) is 41.9 Å². The van der Waals surface area contributed by atoms with Crippen molar-refractivity contribution in [2.75, 3.05) is 5.32 Å². The summed E-state index contributed by atoms with van der Waals surface area (Å²) in [7, 11) is 0. The van der Waals surface area contributed by atoms with E-state index in [-0.39, 0.29) is 0 Å². The third-order valence-electron chi connectivity index (χ3n) is 4.35. The first-order chi connectivity index (χ1) is 13.0. The third kappa shape index (κ3) is 4.96. The summed E-state index contributed by atoms with van der Waals surface area (Å²) in [6.07, 6.45) is 3.80. The van der Waals surface area contributed by atoms with Gasteiger partial charge in [0.15, 0.2) is 5.11 Å². The van der Waals surface area contributed by atoms with E-state index in [4.69, 9.17) is 23.8 Å². The summed E-state index contributed by atoms with van der Waals surface area (Å²) < 4.78 is 2.14. The fraction of sp³-hybridized carbons (Fsp3) is 0.143. The van der Waals surface area contributed by atoms with Gasteiger partial charge in [0.25, 0.3) is 0 Å². The van der Waals surface area contributed by atoms with Crippen molar-refractivity contribution < 1.29 is 0 Å². The molecule has 2 aromatic carbocycles. The Morgan fingerprint density at radius 3 is 2.74 bits per heavy atom. The molecule has 0 spiro atoms. The number of thiocarbonyl (C=S) groups is 1. The fourth-order valence-electron chi connectivity index (χ4n) is 2.71. The quantitative estimate of drug-likeness (QED) is 0.357. The van der Waals surface area contributed by atoms with Gasteiger partial charge in [0, 0.05) is 23.5 Å². The zero-order valence-electron chi connectivity index (χ0n) is 15.2. The van der Waals surface area contributed by atoms with Gasteiger partial charge in [-0.15, -0.1) is 0 Å². The van der Waals surface area contributed by atoms with Crippen LogP contribution in [-0.4, -0.2) is 15.9 Å². The lowest BCUT2D eigenvalue weighted by atomic mass is 10.1. The second kappa shape index (κ2) is 8.84. The standard InChI is InChI=1S/C21H21ClN4S/c1-15-7-3-4-8-17(15)14-26-12-6-9-18(26)13-23-25-21(27)24-20-11-5-10-19(22)16(20)2/h3-13H,14H2,1-2H3,(H2,24,25,27)/b23-13+. The summed E-state index contributed by atoms with van der Waals surface area (Å²) in [4.78, 5) is 0. The number of aryl methyl sites for hydroxylation is 1. The first kappa shape index (κ1) is 19.1. The fourth-order valence-corrected chi connectivity index (χ4v) is 3.05. The van der Waals surface area contributed by atoms with E-state index in [0.29, 0.717) is 10.1 Å². The summed E-state index contributed by atoms with van der Waals surface area (Å²) in [5.41, 5.74) is 8.20. The predicted molar refractivity (Wildman–Crippen MR) is 118 cm³/mol. The Morgan fingerprint density at radius 1 is 1.11 bits per heavy atom. The number of rotatable bonds is 5. The molecule has 1 heterocycles. The Labute approximate surface area is 169 Å². The van der Waals surface area contributed by atoms with Crippen molar-refractivity contribution in [3.8, 4) is 0 Å². The van der Waals surface area contributed by atoms with Crippen molar-refractivity contribution in [1.29, 1.82) is 0 Å². The number of aromatic nitrogens is 1. The second-order valence-corrected chi connectivity index (χ2v) is 7.04. The molecule has 0 radical (unpaired) electrons. The van der Waals surface area contributed by atoms with Crippen LogP contribution < -0.4 is 10.7 Å². The smallest absolute Gasteiger partial charge is 0.191 e. The molecule has 1 aromatic heterocycles. The number of hydrogen-bond acceptors (Lipinski definition) is 2. The molecule has 0 amide bonds. The Bertz CT molecular complexity index is 978. The van der Waals surface area contributed by atoms with Gasteiger partial charge in [-0.25, -0.2) is 0 Å². The minimum Gasteiger partial charge on any atom is -0.342 e. The molecule has 0 unspecified atom stereocenters. The van der Waals surface area contributed by atoms with Gasteiger partial charge in [0.2, 0.25) is 0 Å². The number of nitrogens with zero attached hydrogens (tertiary/aromatic N) is 2. The molecule has 4 nitrogen and oxygen atoms in total. The minimum atomic E-state index is 0.411.